The van der Waals surface area contributed by atoms with Crippen molar-refractivity contribution in [3.63, 3.8) is 0 Å². The quantitative estimate of drug-likeness (QED) is 0.422. The summed E-state index contributed by atoms with van der Waals surface area (Å²) in [7, 11) is 1.14. The van der Waals surface area contributed by atoms with E-state index < -0.39 is 16.9 Å². The predicted molar refractivity (Wildman–Crippen MR) is 52.9 cm³/mol. The molecule has 0 aliphatic rings. The maximum atomic E-state index is 11.1. The molecule has 0 fully saturated rings. The smallest absolute Gasteiger partial charge is 0.381 e. The second-order valence-corrected chi connectivity index (χ2v) is 3.01. The van der Waals surface area contributed by atoms with Crippen LogP contribution in [0.5, 0.6) is 0 Å². The maximum Gasteiger partial charge on any atom is 0.381 e. The number of benzene rings is 1. The summed E-state index contributed by atoms with van der Waals surface area (Å²) in [6, 6.07) is 7.49. The van der Waals surface area contributed by atoms with E-state index in [0.717, 1.165) is 12.7 Å². The summed E-state index contributed by atoms with van der Waals surface area (Å²) in [4.78, 5) is 21.1. The molecule has 80 valence electrons. The number of hydrogen-bond donors (Lipinski definition) is 0. The van der Waals surface area contributed by atoms with E-state index in [1.807, 2.05) is 6.07 Å². The van der Waals surface area contributed by atoms with Crippen molar-refractivity contribution in [1.82, 2.24) is 0 Å². The van der Waals surface area contributed by atoms with Crippen molar-refractivity contribution < 1.29 is 14.5 Å². The predicted octanol–water partition coefficient (Wildman–Crippen LogP) is 1.05. The molecule has 0 radical (unpaired) electrons. The largest absolute Gasteiger partial charge is 0.464 e. The van der Waals surface area contributed by atoms with Gasteiger partial charge in [0.25, 0.3) is 0 Å². The van der Waals surface area contributed by atoms with Crippen molar-refractivity contribution >= 4 is 5.97 Å². The molecular formula is C10H11NO4. The summed E-state index contributed by atoms with van der Waals surface area (Å²) in [5, 5.41) is 10.6. The Morgan fingerprint density at radius 3 is 2.53 bits per heavy atom. The molecule has 1 aromatic carbocycles. The zero-order chi connectivity index (χ0) is 11.3. The number of hydrogen-bond acceptors (Lipinski definition) is 4. The Labute approximate surface area is 86.8 Å². The Morgan fingerprint density at radius 1 is 1.47 bits per heavy atom. The van der Waals surface area contributed by atoms with Crippen LogP contribution in [0.2, 0.25) is 0 Å². The van der Waals surface area contributed by atoms with E-state index >= 15 is 0 Å². The molecule has 0 amide bonds. The summed E-state index contributed by atoms with van der Waals surface area (Å²) in [5.41, 5.74) is 0.740. The summed E-state index contributed by atoms with van der Waals surface area (Å²) in [6.07, 6.45) is 0.0561. The molecule has 0 saturated carbocycles. The van der Waals surface area contributed by atoms with E-state index in [2.05, 4.69) is 4.74 Å². The van der Waals surface area contributed by atoms with Crippen LogP contribution < -0.4 is 0 Å². The van der Waals surface area contributed by atoms with Crippen LogP contribution >= 0.6 is 0 Å². The number of nitro groups is 1. The highest BCUT2D eigenvalue weighted by Crippen LogP contribution is 2.06. The van der Waals surface area contributed by atoms with E-state index in [1.165, 1.54) is 0 Å². The van der Waals surface area contributed by atoms with Gasteiger partial charge < -0.3 is 4.74 Å². The van der Waals surface area contributed by atoms with Gasteiger partial charge in [-0.15, -0.1) is 0 Å². The average molecular weight is 209 g/mol. The minimum Gasteiger partial charge on any atom is -0.464 e. The molecule has 0 N–H and O–H groups in total. The van der Waals surface area contributed by atoms with Crippen LogP contribution in [0.15, 0.2) is 30.3 Å². The fourth-order valence-corrected chi connectivity index (χ4v) is 1.22. The van der Waals surface area contributed by atoms with Gasteiger partial charge in [0.05, 0.1) is 13.5 Å². The summed E-state index contributed by atoms with van der Waals surface area (Å²) >= 11 is 0. The Kier molecular flexibility index (Phi) is 3.79. The van der Waals surface area contributed by atoms with Crippen molar-refractivity contribution in [3.05, 3.63) is 46.0 Å². The second-order valence-electron chi connectivity index (χ2n) is 3.01. The van der Waals surface area contributed by atoms with Crippen molar-refractivity contribution in [2.24, 2.45) is 0 Å². The maximum absolute atomic E-state index is 11.1. The van der Waals surface area contributed by atoms with Crippen LogP contribution in [0.3, 0.4) is 0 Å². The van der Waals surface area contributed by atoms with Crippen LogP contribution in [-0.2, 0) is 16.0 Å². The molecule has 0 aliphatic heterocycles. The lowest BCUT2D eigenvalue weighted by atomic mass is 10.1. The van der Waals surface area contributed by atoms with Gasteiger partial charge in [0, 0.05) is 4.92 Å². The minimum atomic E-state index is -1.32. The summed E-state index contributed by atoms with van der Waals surface area (Å²) < 4.78 is 4.37. The number of carbonyl (C=O) groups is 1. The topological polar surface area (TPSA) is 69.4 Å². The Hall–Kier alpha value is -1.91. The number of nitrogens with zero attached hydrogens (tertiary/aromatic N) is 1. The van der Waals surface area contributed by atoms with E-state index in [4.69, 9.17) is 0 Å². The lowest BCUT2D eigenvalue weighted by Gasteiger charge is -2.06. The number of esters is 1. The van der Waals surface area contributed by atoms with Gasteiger partial charge >= 0.3 is 12.0 Å². The first kappa shape index (κ1) is 11.2. The fourth-order valence-electron chi connectivity index (χ4n) is 1.22. The van der Waals surface area contributed by atoms with Gasteiger partial charge in [-0.1, -0.05) is 30.3 Å². The summed E-state index contributed by atoms with van der Waals surface area (Å²) in [6.45, 7) is 0. The van der Waals surface area contributed by atoms with E-state index in [9.17, 15) is 14.9 Å². The first-order valence-electron chi connectivity index (χ1n) is 4.40. The third-order valence-corrected chi connectivity index (χ3v) is 2.00. The number of methoxy groups -OCH3 is 1. The number of rotatable bonds is 4. The molecule has 0 bridgehead atoms. The Morgan fingerprint density at radius 2 is 2.07 bits per heavy atom. The molecule has 0 aromatic heterocycles. The molecule has 1 atom stereocenters. The van der Waals surface area contributed by atoms with Crippen molar-refractivity contribution in [3.8, 4) is 0 Å². The standard InChI is InChI=1S/C10H11NO4/c1-15-10(12)9(11(13)14)7-8-5-3-2-4-6-8/h2-6,9H,7H2,1H3. The SMILES string of the molecule is COC(=O)C(Cc1ccccc1)[N+](=O)[O-]. The first-order valence-corrected chi connectivity index (χ1v) is 4.40. The molecule has 0 saturated heterocycles. The number of ether oxygens (including phenoxy) is 1. The van der Waals surface area contributed by atoms with Crippen LogP contribution in [-0.4, -0.2) is 24.0 Å². The van der Waals surface area contributed by atoms with Crippen molar-refractivity contribution in [2.75, 3.05) is 7.11 Å². The van der Waals surface area contributed by atoms with Crippen LogP contribution in [0.4, 0.5) is 0 Å². The molecule has 0 aliphatic carbocycles. The first-order chi connectivity index (χ1) is 7.15. The van der Waals surface area contributed by atoms with E-state index in [0.29, 0.717) is 0 Å². The molecule has 5 heteroatoms. The molecule has 1 aromatic rings. The van der Waals surface area contributed by atoms with Crippen LogP contribution in [0.1, 0.15) is 5.56 Å². The monoisotopic (exact) mass is 209 g/mol. The Bertz CT molecular complexity index is 350. The fraction of sp³-hybridized carbons (Fsp3) is 0.300. The highest BCUT2D eigenvalue weighted by atomic mass is 16.6. The van der Waals surface area contributed by atoms with Gasteiger partial charge in [0.2, 0.25) is 0 Å². The zero-order valence-corrected chi connectivity index (χ0v) is 8.25. The van der Waals surface area contributed by atoms with E-state index in [-0.39, 0.29) is 6.42 Å². The molecule has 1 rings (SSSR count). The Balaban J connectivity index is 2.76. The minimum absolute atomic E-state index is 0.0561. The van der Waals surface area contributed by atoms with Crippen LogP contribution in [0, 0.1) is 10.1 Å². The van der Waals surface area contributed by atoms with E-state index in [1.54, 1.807) is 24.3 Å². The molecular weight excluding hydrogens is 198 g/mol. The van der Waals surface area contributed by atoms with Gasteiger partial charge in [0.1, 0.15) is 0 Å². The third kappa shape index (κ3) is 3.05. The van der Waals surface area contributed by atoms with Gasteiger partial charge in [0.15, 0.2) is 0 Å². The highest BCUT2D eigenvalue weighted by Gasteiger charge is 2.30. The molecule has 1 unspecified atom stereocenters. The van der Waals surface area contributed by atoms with Crippen molar-refractivity contribution in [1.29, 1.82) is 0 Å². The molecule has 0 heterocycles. The van der Waals surface area contributed by atoms with Crippen LogP contribution in [0.25, 0.3) is 0 Å². The molecule has 5 nitrogen and oxygen atoms in total. The average Bonchev–Trinajstić information content (AvgIpc) is 2.26. The lowest BCUT2D eigenvalue weighted by Crippen LogP contribution is -2.32. The zero-order valence-electron chi connectivity index (χ0n) is 8.25. The normalized spacial score (nSPS) is 11.8. The van der Waals surface area contributed by atoms with Gasteiger partial charge in [-0.3, -0.25) is 10.1 Å². The van der Waals surface area contributed by atoms with Crippen molar-refractivity contribution in [2.45, 2.75) is 12.5 Å². The van der Waals surface area contributed by atoms with Gasteiger partial charge in [-0.05, 0) is 5.56 Å². The molecule has 15 heavy (non-hydrogen) atoms. The molecule has 0 spiro atoms. The highest BCUT2D eigenvalue weighted by molar-refractivity contribution is 5.74. The number of carbonyl (C=O) groups excluding carboxylic acids is 1. The lowest BCUT2D eigenvalue weighted by molar-refractivity contribution is -0.509. The third-order valence-electron chi connectivity index (χ3n) is 2.00. The second kappa shape index (κ2) is 5.09. The van der Waals surface area contributed by atoms with Gasteiger partial charge in [-0.2, -0.15) is 0 Å². The summed E-state index contributed by atoms with van der Waals surface area (Å²) in [5.74, 6) is -0.816. The van der Waals surface area contributed by atoms with Gasteiger partial charge in [-0.25, -0.2) is 4.79 Å².